The lowest BCUT2D eigenvalue weighted by Gasteiger charge is -2.08. The van der Waals surface area contributed by atoms with E-state index >= 15 is 0 Å². The van der Waals surface area contributed by atoms with E-state index in [-0.39, 0.29) is 0 Å². The molecule has 176 valence electrons. The van der Waals surface area contributed by atoms with Crippen LogP contribution in [0.2, 0.25) is 0 Å². The highest BCUT2D eigenvalue weighted by molar-refractivity contribution is 14.1. The first-order valence-electron chi connectivity index (χ1n) is 10.6. The van der Waals surface area contributed by atoms with Crippen LogP contribution in [0, 0.1) is 0 Å². The molecular formula is C20H40ClIO7. The summed E-state index contributed by atoms with van der Waals surface area (Å²) in [4.78, 5) is 0. The van der Waals surface area contributed by atoms with Crippen molar-refractivity contribution in [1.82, 2.24) is 0 Å². The van der Waals surface area contributed by atoms with Crippen LogP contribution in [-0.2, 0) is 33.2 Å². The third-order valence-corrected chi connectivity index (χ3v) is 4.54. The van der Waals surface area contributed by atoms with Crippen LogP contribution < -0.4 is 0 Å². The van der Waals surface area contributed by atoms with Gasteiger partial charge in [-0.25, -0.2) is 0 Å². The van der Waals surface area contributed by atoms with Crippen LogP contribution in [0.15, 0.2) is 0 Å². The van der Waals surface area contributed by atoms with Crippen molar-refractivity contribution in [3.8, 4) is 0 Å². The van der Waals surface area contributed by atoms with E-state index < -0.39 is 0 Å². The summed E-state index contributed by atoms with van der Waals surface area (Å²) in [7, 11) is 0. The molecule has 0 aromatic carbocycles. The zero-order valence-corrected chi connectivity index (χ0v) is 20.7. The predicted octanol–water partition coefficient (Wildman–Crippen LogP) is 3.34. The topological polar surface area (TPSA) is 64.6 Å². The quantitative estimate of drug-likeness (QED) is 0.0923. The van der Waals surface area contributed by atoms with Gasteiger partial charge in [0, 0.05) is 12.5 Å². The van der Waals surface area contributed by atoms with Gasteiger partial charge in [0.1, 0.15) is 0 Å². The van der Waals surface area contributed by atoms with Gasteiger partial charge in [0.2, 0.25) is 0 Å². The van der Waals surface area contributed by atoms with Gasteiger partial charge in [0.25, 0.3) is 0 Å². The first-order valence-corrected chi connectivity index (χ1v) is 12.6. The summed E-state index contributed by atoms with van der Waals surface area (Å²) in [6.07, 6.45) is 5.01. The van der Waals surface area contributed by atoms with Crippen molar-refractivity contribution in [1.29, 1.82) is 0 Å². The predicted molar refractivity (Wildman–Crippen MR) is 124 cm³/mol. The van der Waals surface area contributed by atoms with Crippen molar-refractivity contribution in [2.24, 2.45) is 0 Å². The summed E-state index contributed by atoms with van der Waals surface area (Å²) in [6, 6.07) is 0. The monoisotopic (exact) mass is 554 g/mol. The fourth-order valence-corrected chi connectivity index (χ4v) is 2.78. The van der Waals surface area contributed by atoms with Crippen molar-refractivity contribution in [2.45, 2.75) is 25.7 Å². The average molecular weight is 555 g/mol. The number of halogens is 2. The highest BCUT2D eigenvalue weighted by Crippen LogP contribution is 2.02. The van der Waals surface area contributed by atoms with Gasteiger partial charge in [-0.05, 0) is 17.3 Å². The maximum absolute atomic E-state index is 5.53. The molecule has 0 N–H and O–H groups in total. The first kappa shape index (κ1) is 29.7. The molecule has 0 saturated heterocycles. The molecule has 0 rings (SSSR count). The summed E-state index contributed by atoms with van der Waals surface area (Å²) in [6.45, 7) is 8.26. The van der Waals surface area contributed by atoms with Gasteiger partial charge in [0.15, 0.2) is 0 Å². The standard InChI is InChI=1S/C20H40ClIO7/c21-5-8-24-10-12-26-14-16-28-18-20-29-19-17-27-15-13-25-11-9-23-7-4-2-1-3-6-22/h1-20H2. The molecule has 0 aliphatic rings. The molecule has 7 nitrogen and oxygen atoms in total. The van der Waals surface area contributed by atoms with E-state index in [4.69, 9.17) is 44.8 Å². The second-order valence-corrected chi connectivity index (χ2v) is 7.54. The zero-order valence-electron chi connectivity index (χ0n) is 17.8. The van der Waals surface area contributed by atoms with E-state index in [9.17, 15) is 0 Å². The van der Waals surface area contributed by atoms with E-state index in [0.717, 1.165) is 13.0 Å². The Hall–Kier alpha value is 0.740. The lowest BCUT2D eigenvalue weighted by molar-refractivity contribution is -0.0201. The average Bonchev–Trinajstić information content (AvgIpc) is 2.74. The van der Waals surface area contributed by atoms with Gasteiger partial charge >= 0.3 is 0 Å². The Labute approximate surface area is 195 Å². The lowest BCUT2D eigenvalue weighted by Crippen LogP contribution is -2.14. The van der Waals surface area contributed by atoms with E-state index in [1.165, 1.54) is 23.7 Å². The molecule has 0 aliphatic heterocycles. The molecule has 0 aromatic heterocycles. The Balaban J connectivity index is 2.97. The summed E-state index contributed by atoms with van der Waals surface area (Å²) in [5.74, 6) is 0.510. The molecule has 0 fully saturated rings. The van der Waals surface area contributed by atoms with Crippen molar-refractivity contribution in [3.63, 3.8) is 0 Å². The van der Waals surface area contributed by atoms with Gasteiger partial charge in [-0.1, -0.05) is 35.4 Å². The normalized spacial score (nSPS) is 11.4. The summed E-state index contributed by atoms with van der Waals surface area (Å²) < 4.78 is 39.0. The minimum Gasteiger partial charge on any atom is -0.379 e. The molecule has 0 aromatic rings. The molecule has 0 spiro atoms. The van der Waals surface area contributed by atoms with Crippen LogP contribution in [0.4, 0.5) is 0 Å². The Kier molecular flexibility index (Phi) is 29.5. The van der Waals surface area contributed by atoms with Crippen molar-refractivity contribution >= 4 is 34.2 Å². The molecule has 0 amide bonds. The molecule has 0 atom stereocenters. The fraction of sp³-hybridized carbons (Fsp3) is 1.00. The largest absolute Gasteiger partial charge is 0.379 e. The smallest absolute Gasteiger partial charge is 0.0701 e. The molecule has 0 unspecified atom stereocenters. The third kappa shape index (κ3) is 28.7. The fourth-order valence-electron chi connectivity index (χ4n) is 2.13. The van der Waals surface area contributed by atoms with Crippen LogP contribution >= 0.6 is 34.2 Å². The van der Waals surface area contributed by atoms with Crippen LogP contribution in [0.5, 0.6) is 0 Å². The molecule has 29 heavy (non-hydrogen) atoms. The summed E-state index contributed by atoms with van der Waals surface area (Å²) in [5.41, 5.74) is 0. The van der Waals surface area contributed by atoms with E-state index in [1.807, 2.05) is 0 Å². The summed E-state index contributed by atoms with van der Waals surface area (Å²) in [5, 5.41) is 0. The second-order valence-electron chi connectivity index (χ2n) is 6.08. The van der Waals surface area contributed by atoms with Gasteiger partial charge in [0.05, 0.1) is 85.9 Å². The summed E-state index contributed by atoms with van der Waals surface area (Å²) >= 11 is 7.91. The van der Waals surface area contributed by atoms with Crippen LogP contribution in [0.3, 0.4) is 0 Å². The minimum absolute atomic E-state index is 0.510. The SMILES string of the molecule is ClCCOCCOCCOCCOCCOCCOCCOCCCCCCI. The van der Waals surface area contributed by atoms with Gasteiger partial charge in [-0.3, -0.25) is 0 Å². The van der Waals surface area contributed by atoms with Crippen molar-refractivity contribution < 1.29 is 33.2 Å². The number of unbranched alkanes of at least 4 members (excludes halogenated alkanes) is 3. The number of rotatable bonds is 26. The highest BCUT2D eigenvalue weighted by atomic mass is 127. The number of hydrogen-bond acceptors (Lipinski definition) is 7. The highest BCUT2D eigenvalue weighted by Gasteiger charge is 1.95. The Bertz CT molecular complexity index is 266. The molecule has 0 radical (unpaired) electrons. The molecule has 0 bridgehead atoms. The first-order chi connectivity index (χ1) is 14.4. The number of ether oxygens (including phenoxy) is 7. The second kappa shape index (κ2) is 28.7. The van der Waals surface area contributed by atoms with E-state index in [0.29, 0.717) is 91.8 Å². The molecular weight excluding hydrogens is 515 g/mol. The Morgan fingerprint density at radius 3 is 1.03 bits per heavy atom. The number of alkyl halides is 2. The zero-order chi connectivity index (χ0) is 21.1. The minimum atomic E-state index is 0.510. The van der Waals surface area contributed by atoms with Crippen molar-refractivity contribution in [3.05, 3.63) is 0 Å². The van der Waals surface area contributed by atoms with Gasteiger partial charge in [-0.2, -0.15) is 0 Å². The van der Waals surface area contributed by atoms with Gasteiger partial charge in [-0.15, -0.1) is 11.6 Å². The maximum Gasteiger partial charge on any atom is 0.0701 e. The van der Waals surface area contributed by atoms with Crippen LogP contribution in [0.25, 0.3) is 0 Å². The third-order valence-electron chi connectivity index (χ3n) is 3.63. The molecule has 0 saturated carbocycles. The van der Waals surface area contributed by atoms with Crippen molar-refractivity contribution in [2.75, 3.05) is 103 Å². The molecule has 0 aliphatic carbocycles. The van der Waals surface area contributed by atoms with Crippen LogP contribution in [-0.4, -0.2) is 103 Å². The van der Waals surface area contributed by atoms with E-state index in [2.05, 4.69) is 22.6 Å². The maximum atomic E-state index is 5.53. The van der Waals surface area contributed by atoms with E-state index in [1.54, 1.807) is 0 Å². The van der Waals surface area contributed by atoms with Crippen LogP contribution in [0.1, 0.15) is 25.7 Å². The van der Waals surface area contributed by atoms with Gasteiger partial charge < -0.3 is 33.2 Å². The number of hydrogen-bond donors (Lipinski definition) is 0. The Morgan fingerprint density at radius 2 is 0.690 bits per heavy atom. The molecule has 9 heteroatoms. The Morgan fingerprint density at radius 1 is 0.379 bits per heavy atom. The molecule has 0 heterocycles. The lowest BCUT2D eigenvalue weighted by atomic mass is 10.2.